The molecule has 0 spiro atoms. The van der Waals surface area contributed by atoms with Crippen molar-refractivity contribution in [3.63, 3.8) is 0 Å². The summed E-state index contributed by atoms with van der Waals surface area (Å²) in [6, 6.07) is 12.4. The summed E-state index contributed by atoms with van der Waals surface area (Å²) in [5, 5.41) is 3.05. The fourth-order valence-corrected chi connectivity index (χ4v) is 2.03. The average Bonchev–Trinajstić information content (AvgIpc) is 2.49. The summed E-state index contributed by atoms with van der Waals surface area (Å²) in [6.45, 7) is 3.42. The highest BCUT2D eigenvalue weighted by molar-refractivity contribution is 5.33. The third-order valence-corrected chi connectivity index (χ3v) is 3.00. The molecule has 2 aromatic rings. The normalized spacial score (nSPS) is 10.4. The molecule has 0 atom stereocenters. The maximum absolute atomic E-state index is 13.8. The van der Waals surface area contributed by atoms with E-state index in [1.807, 2.05) is 38.2 Å². The molecule has 0 saturated heterocycles. The van der Waals surface area contributed by atoms with Gasteiger partial charge in [-0.3, -0.25) is 0 Å². The van der Waals surface area contributed by atoms with Crippen LogP contribution < -0.4 is 14.8 Å². The molecule has 0 bridgehead atoms. The van der Waals surface area contributed by atoms with Crippen LogP contribution >= 0.6 is 0 Å². The molecule has 0 aliphatic heterocycles. The molecular weight excluding hydrogens is 269 g/mol. The highest BCUT2D eigenvalue weighted by Gasteiger charge is 2.05. The second kappa shape index (κ2) is 7.64. The largest absolute Gasteiger partial charge is 0.494 e. The van der Waals surface area contributed by atoms with Crippen LogP contribution in [0.15, 0.2) is 42.5 Å². The second-order valence-electron chi connectivity index (χ2n) is 4.65. The average molecular weight is 289 g/mol. The Kier molecular flexibility index (Phi) is 5.58. The maximum atomic E-state index is 13.8. The molecule has 0 unspecified atom stereocenters. The van der Waals surface area contributed by atoms with Crippen LogP contribution in [0, 0.1) is 5.82 Å². The summed E-state index contributed by atoms with van der Waals surface area (Å²) < 4.78 is 24.9. The van der Waals surface area contributed by atoms with Crippen LogP contribution in [0.2, 0.25) is 0 Å². The Bertz CT molecular complexity index is 587. The first-order valence-electron chi connectivity index (χ1n) is 7.00. The van der Waals surface area contributed by atoms with Crippen molar-refractivity contribution in [3.05, 3.63) is 59.4 Å². The topological polar surface area (TPSA) is 30.5 Å². The Labute approximate surface area is 124 Å². The second-order valence-corrected chi connectivity index (χ2v) is 4.65. The lowest BCUT2D eigenvalue weighted by atomic mass is 10.1. The Morgan fingerprint density at radius 3 is 2.52 bits per heavy atom. The van der Waals surface area contributed by atoms with E-state index in [9.17, 15) is 4.39 Å². The van der Waals surface area contributed by atoms with E-state index in [1.165, 1.54) is 6.07 Å². The van der Waals surface area contributed by atoms with Gasteiger partial charge in [0.05, 0.1) is 6.61 Å². The van der Waals surface area contributed by atoms with Crippen LogP contribution in [-0.4, -0.2) is 13.7 Å². The molecule has 0 fully saturated rings. The number of rotatable bonds is 7. The molecule has 112 valence electrons. The van der Waals surface area contributed by atoms with Gasteiger partial charge in [0.15, 0.2) is 0 Å². The van der Waals surface area contributed by atoms with Gasteiger partial charge in [0, 0.05) is 18.2 Å². The van der Waals surface area contributed by atoms with Crippen LogP contribution in [0.1, 0.15) is 18.1 Å². The van der Waals surface area contributed by atoms with Gasteiger partial charge in [0.2, 0.25) is 0 Å². The van der Waals surface area contributed by atoms with Gasteiger partial charge in [0.1, 0.15) is 23.9 Å². The molecule has 21 heavy (non-hydrogen) atoms. The molecule has 2 aromatic carbocycles. The van der Waals surface area contributed by atoms with Crippen molar-refractivity contribution in [2.45, 2.75) is 20.1 Å². The van der Waals surface area contributed by atoms with E-state index in [0.717, 1.165) is 11.3 Å². The van der Waals surface area contributed by atoms with Crippen LogP contribution in [0.5, 0.6) is 11.5 Å². The van der Waals surface area contributed by atoms with Crippen LogP contribution in [0.4, 0.5) is 4.39 Å². The first kappa shape index (κ1) is 15.3. The molecule has 0 heterocycles. The van der Waals surface area contributed by atoms with Crippen molar-refractivity contribution in [3.8, 4) is 11.5 Å². The highest BCUT2D eigenvalue weighted by atomic mass is 19.1. The van der Waals surface area contributed by atoms with E-state index in [-0.39, 0.29) is 12.4 Å². The molecule has 3 nitrogen and oxygen atoms in total. The zero-order valence-electron chi connectivity index (χ0n) is 12.4. The van der Waals surface area contributed by atoms with Gasteiger partial charge < -0.3 is 14.8 Å². The molecule has 0 saturated carbocycles. The van der Waals surface area contributed by atoms with E-state index in [4.69, 9.17) is 9.47 Å². The summed E-state index contributed by atoms with van der Waals surface area (Å²) in [4.78, 5) is 0. The molecule has 0 aromatic heterocycles. The summed E-state index contributed by atoms with van der Waals surface area (Å²) in [7, 11) is 1.86. The standard InChI is InChI=1S/C17H20FNO2/c1-3-20-15-5-4-6-16(10-15)21-12-14-9-13(11-19-2)7-8-17(14)18/h4-10,19H,3,11-12H2,1-2H3. The number of nitrogens with one attached hydrogen (secondary N) is 1. The SMILES string of the molecule is CCOc1cccc(OCc2cc(CNC)ccc2F)c1. The van der Waals surface area contributed by atoms with E-state index in [0.29, 0.717) is 24.5 Å². The minimum absolute atomic E-state index is 0.193. The predicted octanol–water partition coefficient (Wildman–Crippen LogP) is 3.52. The van der Waals surface area contributed by atoms with E-state index < -0.39 is 0 Å². The lowest BCUT2D eigenvalue weighted by molar-refractivity contribution is 0.294. The summed E-state index contributed by atoms with van der Waals surface area (Å²) >= 11 is 0. The van der Waals surface area contributed by atoms with Gasteiger partial charge in [-0.1, -0.05) is 12.1 Å². The third-order valence-electron chi connectivity index (χ3n) is 3.00. The van der Waals surface area contributed by atoms with Crippen molar-refractivity contribution in [2.24, 2.45) is 0 Å². The number of benzene rings is 2. The van der Waals surface area contributed by atoms with Gasteiger partial charge in [-0.2, -0.15) is 0 Å². The van der Waals surface area contributed by atoms with Crippen molar-refractivity contribution in [2.75, 3.05) is 13.7 Å². The number of hydrogen-bond donors (Lipinski definition) is 1. The summed E-state index contributed by atoms with van der Waals surface area (Å²) in [6.07, 6.45) is 0. The van der Waals surface area contributed by atoms with Crippen LogP contribution in [-0.2, 0) is 13.2 Å². The lowest BCUT2D eigenvalue weighted by Gasteiger charge is -2.10. The van der Waals surface area contributed by atoms with Crippen molar-refractivity contribution >= 4 is 0 Å². The summed E-state index contributed by atoms with van der Waals surface area (Å²) in [5.74, 6) is 1.16. The Hall–Kier alpha value is -2.07. The molecule has 1 N–H and O–H groups in total. The Morgan fingerprint density at radius 2 is 1.81 bits per heavy atom. The smallest absolute Gasteiger partial charge is 0.129 e. The van der Waals surface area contributed by atoms with Crippen LogP contribution in [0.25, 0.3) is 0 Å². The Morgan fingerprint density at radius 1 is 1.05 bits per heavy atom. The number of halogens is 1. The van der Waals surface area contributed by atoms with Gasteiger partial charge in [-0.25, -0.2) is 4.39 Å². The predicted molar refractivity (Wildman–Crippen MR) is 81.1 cm³/mol. The molecule has 0 amide bonds. The van der Waals surface area contributed by atoms with E-state index in [2.05, 4.69) is 5.32 Å². The fourth-order valence-electron chi connectivity index (χ4n) is 2.03. The van der Waals surface area contributed by atoms with Crippen LogP contribution in [0.3, 0.4) is 0 Å². The number of ether oxygens (including phenoxy) is 2. The van der Waals surface area contributed by atoms with Gasteiger partial charge in [0.25, 0.3) is 0 Å². The highest BCUT2D eigenvalue weighted by Crippen LogP contribution is 2.21. The zero-order valence-corrected chi connectivity index (χ0v) is 12.4. The maximum Gasteiger partial charge on any atom is 0.129 e. The molecule has 0 radical (unpaired) electrons. The minimum atomic E-state index is -0.254. The van der Waals surface area contributed by atoms with E-state index in [1.54, 1.807) is 12.1 Å². The molecule has 2 rings (SSSR count). The molecule has 0 aliphatic rings. The molecule has 4 heteroatoms. The molecular formula is C17H20FNO2. The number of hydrogen-bond acceptors (Lipinski definition) is 3. The lowest BCUT2D eigenvalue weighted by Crippen LogP contribution is -2.07. The van der Waals surface area contributed by atoms with Crippen molar-refractivity contribution < 1.29 is 13.9 Å². The monoisotopic (exact) mass is 289 g/mol. The fraction of sp³-hybridized carbons (Fsp3) is 0.294. The Balaban J connectivity index is 2.05. The van der Waals surface area contributed by atoms with Gasteiger partial charge in [-0.05, 0) is 43.8 Å². The van der Waals surface area contributed by atoms with Gasteiger partial charge in [-0.15, -0.1) is 0 Å². The van der Waals surface area contributed by atoms with Crippen molar-refractivity contribution in [1.82, 2.24) is 5.32 Å². The van der Waals surface area contributed by atoms with Crippen molar-refractivity contribution in [1.29, 1.82) is 0 Å². The first-order valence-corrected chi connectivity index (χ1v) is 7.00. The zero-order chi connectivity index (χ0) is 15.1. The third kappa shape index (κ3) is 4.46. The summed E-state index contributed by atoms with van der Waals surface area (Å²) in [5.41, 5.74) is 1.57. The quantitative estimate of drug-likeness (QED) is 0.846. The van der Waals surface area contributed by atoms with E-state index >= 15 is 0 Å². The molecule has 0 aliphatic carbocycles. The minimum Gasteiger partial charge on any atom is -0.494 e. The van der Waals surface area contributed by atoms with Gasteiger partial charge >= 0.3 is 0 Å². The first-order chi connectivity index (χ1) is 10.2.